The van der Waals surface area contributed by atoms with Gasteiger partial charge in [-0.15, -0.1) is 0 Å². The standard InChI is InChI=1S/C15H15NO2/c1-10-12(7-8-17-10)15(16-2)14-9-11-5-3-4-6-13(11)18-14/h3-9,15-16H,1-2H3. The van der Waals surface area contributed by atoms with Crippen LogP contribution in [-0.4, -0.2) is 7.05 Å². The van der Waals surface area contributed by atoms with Crippen LogP contribution in [0.4, 0.5) is 0 Å². The van der Waals surface area contributed by atoms with Crippen LogP contribution in [0.2, 0.25) is 0 Å². The summed E-state index contributed by atoms with van der Waals surface area (Å²) in [6.45, 7) is 1.96. The van der Waals surface area contributed by atoms with Crippen molar-refractivity contribution in [1.82, 2.24) is 5.32 Å². The molecule has 18 heavy (non-hydrogen) atoms. The van der Waals surface area contributed by atoms with E-state index in [1.165, 1.54) is 0 Å². The maximum Gasteiger partial charge on any atom is 0.134 e. The second-order valence-corrected chi connectivity index (χ2v) is 4.34. The van der Waals surface area contributed by atoms with Crippen molar-refractivity contribution in [3.05, 3.63) is 59.7 Å². The summed E-state index contributed by atoms with van der Waals surface area (Å²) in [4.78, 5) is 0. The van der Waals surface area contributed by atoms with Crippen LogP contribution in [-0.2, 0) is 0 Å². The number of benzene rings is 1. The number of furan rings is 2. The lowest BCUT2D eigenvalue weighted by molar-refractivity contribution is 0.478. The Morgan fingerprint density at radius 2 is 2.00 bits per heavy atom. The molecule has 0 radical (unpaired) electrons. The average molecular weight is 241 g/mol. The molecule has 1 unspecified atom stereocenters. The highest BCUT2D eigenvalue weighted by atomic mass is 16.3. The number of hydrogen-bond donors (Lipinski definition) is 1. The number of para-hydroxylation sites is 1. The van der Waals surface area contributed by atoms with E-state index in [0.717, 1.165) is 28.1 Å². The minimum Gasteiger partial charge on any atom is -0.469 e. The zero-order valence-corrected chi connectivity index (χ0v) is 10.4. The molecule has 0 bridgehead atoms. The first-order valence-electron chi connectivity index (χ1n) is 5.99. The van der Waals surface area contributed by atoms with Crippen molar-refractivity contribution in [2.45, 2.75) is 13.0 Å². The van der Waals surface area contributed by atoms with Gasteiger partial charge in [-0.3, -0.25) is 0 Å². The van der Waals surface area contributed by atoms with Gasteiger partial charge in [0, 0.05) is 10.9 Å². The van der Waals surface area contributed by atoms with Crippen molar-refractivity contribution in [3.63, 3.8) is 0 Å². The van der Waals surface area contributed by atoms with Crippen LogP contribution in [0.5, 0.6) is 0 Å². The van der Waals surface area contributed by atoms with E-state index in [0.29, 0.717) is 0 Å². The molecule has 0 fully saturated rings. The molecule has 0 saturated carbocycles. The Morgan fingerprint density at radius 1 is 1.17 bits per heavy atom. The molecular formula is C15H15NO2. The van der Waals surface area contributed by atoms with Gasteiger partial charge in [0.15, 0.2) is 0 Å². The quantitative estimate of drug-likeness (QED) is 0.760. The lowest BCUT2D eigenvalue weighted by Gasteiger charge is -2.12. The van der Waals surface area contributed by atoms with Crippen LogP contribution in [0.15, 0.2) is 51.5 Å². The molecule has 1 aromatic carbocycles. The number of rotatable bonds is 3. The summed E-state index contributed by atoms with van der Waals surface area (Å²) in [5.74, 6) is 1.82. The molecule has 3 nitrogen and oxygen atoms in total. The monoisotopic (exact) mass is 241 g/mol. The van der Waals surface area contributed by atoms with Gasteiger partial charge < -0.3 is 14.2 Å². The first kappa shape index (κ1) is 11.1. The highest BCUT2D eigenvalue weighted by Crippen LogP contribution is 2.29. The lowest BCUT2D eigenvalue weighted by Crippen LogP contribution is -2.17. The van der Waals surface area contributed by atoms with Crippen LogP contribution in [0.25, 0.3) is 11.0 Å². The molecule has 92 valence electrons. The van der Waals surface area contributed by atoms with E-state index in [2.05, 4.69) is 17.4 Å². The molecule has 3 heteroatoms. The SMILES string of the molecule is CNC(c1cc2ccccc2o1)c1ccoc1C. The van der Waals surface area contributed by atoms with Gasteiger partial charge in [-0.1, -0.05) is 18.2 Å². The summed E-state index contributed by atoms with van der Waals surface area (Å²) in [5.41, 5.74) is 2.02. The fourth-order valence-corrected chi connectivity index (χ4v) is 2.29. The maximum atomic E-state index is 5.90. The van der Waals surface area contributed by atoms with Crippen LogP contribution in [0.3, 0.4) is 0 Å². The van der Waals surface area contributed by atoms with Crippen molar-refractivity contribution in [2.75, 3.05) is 7.05 Å². The maximum absolute atomic E-state index is 5.90. The van der Waals surface area contributed by atoms with Gasteiger partial charge in [0.2, 0.25) is 0 Å². The molecule has 1 N–H and O–H groups in total. The minimum absolute atomic E-state index is 0.0242. The number of nitrogens with one attached hydrogen (secondary N) is 1. The Balaban J connectivity index is 2.09. The van der Waals surface area contributed by atoms with Gasteiger partial charge in [-0.25, -0.2) is 0 Å². The van der Waals surface area contributed by atoms with Crippen molar-refractivity contribution in [1.29, 1.82) is 0 Å². The van der Waals surface area contributed by atoms with E-state index in [4.69, 9.17) is 8.83 Å². The smallest absolute Gasteiger partial charge is 0.134 e. The Bertz CT molecular complexity index is 633. The molecule has 0 spiro atoms. The highest BCUT2D eigenvalue weighted by Gasteiger charge is 2.19. The van der Waals surface area contributed by atoms with Gasteiger partial charge in [-0.05, 0) is 32.2 Å². The van der Waals surface area contributed by atoms with E-state index >= 15 is 0 Å². The first-order chi connectivity index (χ1) is 8.79. The minimum atomic E-state index is 0.0242. The molecule has 3 rings (SSSR count). The van der Waals surface area contributed by atoms with E-state index in [1.54, 1.807) is 6.26 Å². The van der Waals surface area contributed by atoms with Gasteiger partial charge in [-0.2, -0.15) is 0 Å². The third-order valence-electron chi connectivity index (χ3n) is 3.23. The summed E-state index contributed by atoms with van der Waals surface area (Å²) >= 11 is 0. The first-order valence-corrected chi connectivity index (χ1v) is 5.99. The summed E-state index contributed by atoms with van der Waals surface area (Å²) in [7, 11) is 1.92. The molecule has 1 atom stereocenters. The van der Waals surface area contributed by atoms with Crippen LogP contribution >= 0.6 is 0 Å². The van der Waals surface area contributed by atoms with Gasteiger partial charge in [0.1, 0.15) is 17.1 Å². The summed E-state index contributed by atoms with van der Waals surface area (Å²) in [5, 5.41) is 4.39. The van der Waals surface area contributed by atoms with Crippen LogP contribution < -0.4 is 5.32 Å². The molecule has 2 heterocycles. The lowest BCUT2D eigenvalue weighted by atomic mass is 10.1. The predicted octanol–water partition coefficient (Wildman–Crippen LogP) is 3.64. The Hall–Kier alpha value is -2.00. The predicted molar refractivity (Wildman–Crippen MR) is 70.6 cm³/mol. The Kier molecular flexibility index (Phi) is 2.68. The number of aryl methyl sites for hydroxylation is 1. The third kappa shape index (κ3) is 1.73. The topological polar surface area (TPSA) is 38.3 Å². The average Bonchev–Trinajstić information content (AvgIpc) is 2.97. The molecular weight excluding hydrogens is 226 g/mol. The van der Waals surface area contributed by atoms with Crippen LogP contribution in [0.1, 0.15) is 23.1 Å². The van der Waals surface area contributed by atoms with E-state index in [-0.39, 0.29) is 6.04 Å². The molecule has 0 aliphatic carbocycles. The van der Waals surface area contributed by atoms with Gasteiger partial charge in [0.05, 0.1) is 12.3 Å². The van der Waals surface area contributed by atoms with Gasteiger partial charge >= 0.3 is 0 Å². The second-order valence-electron chi connectivity index (χ2n) is 4.34. The fraction of sp³-hybridized carbons (Fsp3) is 0.200. The summed E-state index contributed by atoms with van der Waals surface area (Å²) < 4.78 is 11.3. The zero-order chi connectivity index (χ0) is 12.5. The fourth-order valence-electron chi connectivity index (χ4n) is 2.29. The largest absolute Gasteiger partial charge is 0.469 e. The van der Waals surface area contributed by atoms with Gasteiger partial charge in [0.25, 0.3) is 0 Å². The Labute approximate surface area is 105 Å². The van der Waals surface area contributed by atoms with Crippen molar-refractivity contribution in [3.8, 4) is 0 Å². The van der Waals surface area contributed by atoms with Crippen molar-refractivity contribution >= 4 is 11.0 Å². The molecule has 0 amide bonds. The molecule has 0 saturated heterocycles. The summed E-state index contributed by atoms with van der Waals surface area (Å²) in [6, 6.07) is 12.1. The van der Waals surface area contributed by atoms with Crippen molar-refractivity contribution < 1.29 is 8.83 Å². The Morgan fingerprint density at radius 3 is 2.67 bits per heavy atom. The number of hydrogen-bond acceptors (Lipinski definition) is 3. The van der Waals surface area contributed by atoms with E-state index in [1.807, 2.05) is 38.2 Å². The normalized spacial score (nSPS) is 13.0. The zero-order valence-electron chi connectivity index (χ0n) is 10.4. The van der Waals surface area contributed by atoms with Crippen LogP contribution in [0, 0.1) is 6.92 Å². The highest BCUT2D eigenvalue weighted by molar-refractivity contribution is 5.78. The van der Waals surface area contributed by atoms with E-state index in [9.17, 15) is 0 Å². The third-order valence-corrected chi connectivity index (χ3v) is 3.23. The second kappa shape index (κ2) is 4.35. The number of fused-ring (bicyclic) bond motifs is 1. The van der Waals surface area contributed by atoms with E-state index < -0.39 is 0 Å². The molecule has 2 aromatic heterocycles. The molecule has 0 aliphatic rings. The molecule has 0 aliphatic heterocycles. The van der Waals surface area contributed by atoms with Crippen molar-refractivity contribution in [2.24, 2.45) is 0 Å². The summed E-state index contributed by atoms with van der Waals surface area (Å²) in [6.07, 6.45) is 1.71. The molecule has 3 aromatic rings.